The Morgan fingerprint density at radius 3 is 1.95 bits per heavy atom. The van der Waals surface area contributed by atoms with E-state index in [4.69, 9.17) is 0 Å². The van der Waals surface area contributed by atoms with E-state index in [-0.39, 0.29) is 5.95 Å². The Kier molecular flexibility index (Phi) is 8.39. The van der Waals surface area contributed by atoms with Gasteiger partial charge < -0.3 is 0 Å². The van der Waals surface area contributed by atoms with Crippen molar-refractivity contribution < 1.29 is 14.6 Å². The lowest BCUT2D eigenvalue weighted by Gasteiger charge is -2.16. The predicted octanol–water partition coefficient (Wildman–Crippen LogP) is 6.37. The van der Waals surface area contributed by atoms with Crippen LogP contribution in [0.5, 0.6) is 0 Å². The van der Waals surface area contributed by atoms with Crippen LogP contribution in [0.4, 0.5) is 17.3 Å². The molecule has 12 heteroatoms. The molecule has 5 rings (SSSR count). The third-order valence-electron chi connectivity index (χ3n) is 6.13. The van der Waals surface area contributed by atoms with E-state index < -0.39 is 32.7 Å². The largest absolute Gasteiger partial charge is 0.289 e. The number of carbonyl (C=O) groups excluding carboxylic acids is 1. The van der Waals surface area contributed by atoms with Gasteiger partial charge in [-0.3, -0.25) is 25.0 Å². The minimum atomic E-state index is -0.987. The van der Waals surface area contributed by atoms with Gasteiger partial charge in [-0.15, -0.1) is 10.2 Å². The molecule has 0 atom stereocenters. The van der Waals surface area contributed by atoms with E-state index in [1.165, 1.54) is 6.21 Å². The summed E-state index contributed by atoms with van der Waals surface area (Å²) in [6.07, 6.45) is 4.62. The van der Waals surface area contributed by atoms with Crippen LogP contribution in [0.25, 0.3) is 28.6 Å². The van der Waals surface area contributed by atoms with Crippen molar-refractivity contribution in [3.05, 3.63) is 147 Å². The number of nitro benzene ring substituents is 2. The zero-order chi connectivity index (χ0) is 30.2. The second kappa shape index (κ2) is 12.8. The Morgan fingerprint density at radius 2 is 1.35 bits per heavy atom. The molecule has 1 amide bonds. The van der Waals surface area contributed by atoms with Gasteiger partial charge in [-0.25, -0.2) is 4.98 Å². The molecule has 0 N–H and O–H groups in total. The second-order valence-electron chi connectivity index (χ2n) is 8.91. The number of anilines is 1. The van der Waals surface area contributed by atoms with E-state index in [0.717, 1.165) is 34.3 Å². The Hall–Kier alpha value is -6.43. The van der Waals surface area contributed by atoms with Gasteiger partial charge in [-0.05, 0) is 17.7 Å². The van der Waals surface area contributed by atoms with Gasteiger partial charge in [0.1, 0.15) is 17.0 Å². The third kappa shape index (κ3) is 6.49. The number of benzene rings is 4. The second-order valence-corrected chi connectivity index (χ2v) is 8.91. The molecule has 0 aliphatic rings. The van der Waals surface area contributed by atoms with Crippen LogP contribution in [0.3, 0.4) is 0 Å². The topological polar surface area (TPSA) is 158 Å². The molecule has 1 aromatic heterocycles. The summed E-state index contributed by atoms with van der Waals surface area (Å²) < 4.78 is 0. The van der Waals surface area contributed by atoms with E-state index in [0.29, 0.717) is 17.0 Å². The molecule has 0 fully saturated rings. The molecule has 12 nitrogen and oxygen atoms in total. The van der Waals surface area contributed by atoms with E-state index in [9.17, 15) is 25.0 Å². The Balaban J connectivity index is 1.64. The molecule has 0 spiro atoms. The zero-order valence-electron chi connectivity index (χ0n) is 22.3. The number of aromatic nitrogens is 3. The number of hydrazone groups is 1. The number of allylic oxidation sites excluding steroid dienone is 1. The van der Waals surface area contributed by atoms with Gasteiger partial charge in [0.05, 0.1) is 15.9 Å². The van der Waals surface area contributed by atoms with Crippen LogP contribution in [0.1, 0.15) is 15.9 Å². The molecule has 0 aliphatic heterocycles. The number of carbonyl (C=O) groups is 1. The van der Waals surface area contributed by atoms with Crippen LogP contribution in [0.2, 0.25) is 0 Å². The fourth-order valence-electron chi connectivity index (χ4n) is 4.09. The first-order valence-electron chi connectivity index (χ1n) is 12.8. The van der Waals surface area contributed by atoms with E-state index in [1.807, 2.05) is 91.0 Å². The third-order valence-corrected chi connectivity index (χ3v) is 6.13. The number of nitro groups is 2. The smallest absolute Gasteiger partial charge is 0.266 e. The highest BCUT2D eigenvalue weighted by atomic mass is 16.6. The van der Waals surface area contributed by atoms with Crippen LogP contribution in [-0.4, -0.2) is 37.1 Å². The van der Waals surface area contributed by atoms with Gasteiger partial charge in [0.15, 0.2) is 0 Å². The molecule has 0 saturated heterocycles. The van der Waals surface area contributed by atoms with Crippen molar-refractivity contribution in [3.8, 4) is 22.5 Å². The average Bonchev–Trinajstić information content (AvgIpc) is 3.05. The summed E-state index contributed by atoms with van der Waals surface area (Å²) in [5.41, 5.74) is 1.35. The molecule has 0 aliphatic carbocycles. The molecule has 0 unspecified atom stereocenters. The summed E-state index contributed by atoms with van der Waals surface area (Å²) in [7, 11) is 0. The average molecular weight is 572 g/mol. The maximum Gasteiger partial charge on any atom is 0.289 e. The predicted molar refractivity (Wildman–Crippen MR) is 161 cm³/mol. The van der Waals surface area contributed by atoms with Gasteiger partial charge in [0.25, 0.3) is 23.2 Å². The van der Waals surface area contributed by atoms with Crippen LogP contribution >= 0.6 is 0 Å². The number of amides is 1. The minimum Gasteiger partial charge on any atom is -0.266 e. The highest BCUT2D eigenvalue weighted by Crippen LogP contribution is 2.31. The molecule has 1 heterocycles. The summed E-state index contributed by atoms with van der Waals surface area (Å²) in [4.78, 5) is 39.9. The first-order valence-corrected chi connectivity index (χ1v) is 12.8. The fraction of sp³-hybridized carbons (Fsp3) is 0. The van der Waals surface area contributed by atoms with Gasteiger partial charge in [-0.2, -0.15) is 10.1 Å². The Labute approximate surface area is 244 Å². The highest BCUT2D eigenvalue weighted by Gasteiger charge is 2.30. The normalized spacial score (nSPS) is 11.1. The van der Waals surface area contributed by atoms with Crippen molar-refractivity contribution in [2.75, 3.05) is 5.01 Å². The Bertz CT molecular complexity index is 1850. The van der Waals surface area contributed by atoms with Crippen LogP contribution < -0.4 is 5.01 Å². The molecule has 0 saturated carbocycles. The summed E-state index contributed by atoms with van der Waals surface area (Å²) in [5, 5.41) is 36.6. The number of hydrogen-bond acceptors (Lipinski definition) is 9. The lowest BCUT2D eigenvalue weighted by Crippen LogP contribution is -2.28. The van der Waals surface area contributed by atoms with Gasteiger partial charge >= 0.3 is 0 Å². The van der Waals surface area contributed by atoms with Crippen LogP contribution in [-0.2, 0) is 0 Å². The van der Waals surface area contributed by atoms with Gasteiger partial charge in [-0.1, -0.05) is 97.1 Å². The van der Waals surface area contributed by atoms with Crippen LogP contribution in [0.15, 0.2) is 120 Å². The minimum absolute atomic E-state index is 0.263. The summed E-state index contributed by atoms with van der Waals surface area (Å²) in [6.45, 7) is 0. The van der Waals surface area contributed by atoms with Crippen molar-refractivity contribution in [2.24, 2.45) is 5.10 Å². The van der Waals surface area contributed by atoms with Crippen molar-refractivity contribution in [3.63, 3.8) is 0 Å². The maximum absolute atomic E-state index is 13.8. The fourth-order valence-corrected chi connectivity index (χ4v) is 4.09. The number of hydrogen-bond donors (Lipinski definition) is 0. The van der Waals surface area contributed by atoms with Crippen LogP contribution in [0, 0.1) is 20.2 Å². The van der Waals surface area contributed by atoms with Crippen molar-refractivity contribution in [1.82, 2.24) is 15.2 Å². The lowest BCUT2D eigenvalue weighted by molar-refractivity contribution is -0.394. The zero-order valence-corrected chi connectivity index (χ0v) is 22.3. The quantitative estimate of drug-likeness (QED) is 0.112. The molecule has 210 valence electrons. The SMILES string of the molecule is O=C(c1ccc([N+](=O)[O-])cc1[N+](=O)[O-])N(/N=C/C=C\c1ccccc1)c1nnc(-c2ccccc2)c(-c2ccccc2)n1. The maximum atomic E-state index is 13.8. The standard InChI is InChI=1S/C31H21N7O5/c39-30(26-19-18-25(37(40)41)21-27(26)38(42)43)36(32-20-10-13-22-11-4-1-5-12-22)31-33-28(23-14-6-2-7-15-23)29(34-35-31)24-16-8-3-9-17-24/h1-21H/b13-10-,32-20+. The molecule has 4 aromatic carbocycles. The van der Waals surface area contributed by atoms with Gasteiger partial charge in [0, 0.05) is 23.4 Å². The molecule has 0 radical (unpaired) electrons. The summed E-state index contributed by atoms with van der Waals surface area (Å²) in [5.74, 6) is -1.25. The Morgan fingerprint density at radius 1 is 0.744 bits per heavy atom. The summed E-state index contributed by atoms with van der Waals surface area (Å²) in [6, 6.07) is 30.4. The molecule has 5 aromatic rings. The monoisotopic (exact) mass is 571 g/mol. The molecule has 43 heavy (non-hydrogen) atoms. The first-order chi connectivity index (χ1) is 20.9. The number of nitrogens with zero attached hydrogens (tertiary/aromatic N) is 7. The van der Waals surface area contributed by atoms with E-state index in [2.05, 4.69) is 20.3 Å². The summed E-state index contributed by atoms with van der Waals surface area (Å²) >= 11 is 0. The molecular weight excluding hydrogens is 550 g/mol. The first kappa shape index (κ1) is 28.1. The number of non-ortho nitro benzene ring substituents is 1. The van der Waals surface area contributed by atoms with E-state index in [1.54, 1.807) is 12.2 Å². The number of rotatable bonds is 9. The molecular formula is C31H21N7O5. The highest BCUT2D eigenvalue weighted by molar-refractivity contribution is 6.08. The molecule has 0 bridgehead atoms. The van der Waals surface area contributed by atoms with Crippen molar-refractivity contribution in [2.45, 2.75) is 0 Å². The van der Waals surface area contributed by atoms with Gasteiger partial charge in [0.2, 0.25) is 0 Å². The lowest BCUT2D eigenvalue weighted by atomic mass is 10.0. The van der Waals surface area contributed by atoms with Crippen molar-refractivity contribution in [1.29, 1.82) is 0 Å². The van der Waals surface area contributed by atoms with E-state index >= 15 is 0 Å². The van der Waals surface area contributed by atoms with Crippen molar-refractivity contribution >= 4 is 35.5 Å².